The van der Waals surface area contributed by atoms with E-state index in [0.717, 1.165) is 21.4 Å². The number of nitrogens with zero attached hydrogens (tertiary/aromatic N) is 4. The van der Waals surface area contributed by atoms with Gasteiger partial charge in [0, 0.05) is 14.1 Å². The summed E-state index contributed by atoms with van der Waals surface area (Å²) in [6, 6.07) is 3.36. The highest BCUT2D eigenvalue weighted by atomic mass is 32.1. The first-order valence-electron chi connectivity index (χ1n) is 6.56. The Hall–Kier alpha value is -2.74. The van der Waals surface area contributed by atoms with Crippen LogP contribution in [-0.4, -0.2) is 32.9 Å². The van der Waals surface area contributed by atoms with Gasteiger partial charge in [-0.2, -0.15) is 0 Å². The average molecular weight is 313 g/mol. The summed E-state index contributed by atoms with van der Waals surface area (Å²) in [4.78, 5) is 25.1. The average Bonchev–Trinajstić information content (AvgIpc) is 3.22. The van der Waals surface area contributed by atoms with E-state index in [4.69, 9.17) is 4.42 Å². The molecule has 0 bridgehead atoms. The Morgan fingerprint density at radius 2 is 2.18 bits per heavy atom. The lowest BCUT2D eigenvalue weighted by molar-refractivity contribution is 0.110. The molecule has 7 nitrogen and oxygen atoms in total. The molecule has 0 spiro atoms. The quantitative estimate of drug-likeness (QED) is 0.585. The maximum absolute atomic E-state index is 10.7. The van der Waals surface area contributed by atoms with Crippen molar-refractivity contribution in [2.24, 2.45) is 7.05 Å². The third kappa shape index (κ3) is 1.74. The van der Waals surface area contributed by atoms with Gasteiger partial charge < -0.3 is 14.3 Å². The number of aromatic nitrogens is 4. The molecule has 0 saturated heterocycles. The Morgan fingerprint density at radius 3 is 2.91 bits per heavy atom. The summed E-state index contributed by atoms with van der Waals surface area (Å²) in [5, 5.41) is 3.75. The number of furan rings is 1. The summed E-state index contributed by atoms with van der Waals surface area (Å²) in [6.07, 6.45) is 2.41. The Labute approximate surface area is 128 Å². The first kappa shape index (κ1) is 13.0. The number of fused-ring (bicyclic) bond motifs is 3. The highest BCUT2D eigenvalue weighted by Gasteiger charge is 2.18. The molecule has 8 heteroatoms. The number of anilines is 1. The molecule has 110 valence electrons. The van der Waals surface area contributed by atoms with Crippen LogP contribution < -0.4 is 5.32 Å². The molecule has 0 aliphatic heterocycles. The number of nitrogens with one attached hydrogen (secondary N) is 1. The molecule has 0 radical (unpaired) electrons. The van der Waals surface area contributed by atoms with Gasteiger partial charge in [-0.05, 0) is 12.1 Å². The second kappa shape index (κ2) is 4.63. The number of hydrogen-bond donors (Lipinski definition) is 1. The maximum atomic E-state index is 10.7. The van der Waals surface area contributed by atoms with E-state index in [1.807, 2.05) is 18.7 Å². The second-order valence-electron chi connectivity index (χ2n) is 4.76. The van der Waals surface area contributed by atoms with Gasteiger partial charge in [0.25, 0.3) is 0 Å². The van der Waals surface area contributed by atoms with Gasteiger partial charge in [-0.1, -0.05) is 11.3 Å². The number of carbonyl (C=O) groups excluding carboxylic acids is 1. The van der Waals surface area contributed by atoms with Crippen molar-refractivity contribution in [3.8, 4) is 10.8 Å². The van der Waals surface area contributed by atoms with Crippen molar-refractivity contribution in [2.75, 3.05) is 12.4 Å². The molecule has 0 amide bonds. The van der Waals surface area contributed by atoms with Gasteiger partial charge in [-0.25, -0.2) is 15.0 Å². The van der Waals surface area contributed by atoms with Gasteiger partial charge in [0.15, 0.2) is 28.6 Å². The highest BCUT2D eigenvalue weighted by molar-refractivity contribution is 7.21. The van der Waals surface area contributed by atoms with E-state index in [1.165, 1.54) is 11.3 Å². The standard InChI is InChI=1S/C14H11N5O2S/c1-15-12-9-11(19(2)6-16-9)10-14(18-12)22-13(17-10)8-4-3-7(5-20)21-8/h3-6H,1-2H3,(H,15,18). The van der Waals surface area contributed by atoms with E-state index in [0.29, 0.717) is 22.9 Å². The van der Waals surface area contributed by atoms with Gasteiger partial charge in [-0.15, -0.1) is 0 Å². The Morgan fingerprint density at radius 1 is 1.32 bits per heavy atom. The topological polar surface area (TPSA) is 85.8 Å². The van der Waals surface area contributed by atoms with E-state index in [-0.39, 0.29) is 5.76 Å². The van der Waals surface area contributed by atoms with Crippen LogP contribution in [0.3, 0.4) is 0 Å². The van der Waals surface area contributed by atoms with Crippen LogP contribution in [0.5, 0.6) is 0 Å². The van der Waals surface area contributed by atoms with Crippen LogP contribution in [-0.2, 0) is 7.05 Å². The fourth-order valence-corrected chi connectivity index (χ4v) is 3.30. The van der Waals surface area contributed by atoms with E-state index in [2.05, 4.69) is 20.3 Å². The van der Waals surface area contributed by atoms with Crippen LogP contribution in [0.4, 0.5) is 5.82 Å². The van der Waals surface area contributed by atoms with Gasteiger partial charge in [0.1, 0.15) is 21.4 Å². The molecule has 4 aromatic rings. The van der Waals surface area contributed by atoms with E-state index in [9.17, 15) is 4.79 Å². The van der Waals surface area contributed by atoms with Crippen molar-refractivity contribution in [1.82, 2.24) is 19.5 Å². The second-order valence-corrected chi connectivity index (χ2v) is 5.73. The predicted molar refractivity (Wildman–Crippen MR) is 84.3 cm³/mol. The number of thiazole rings is 1. The van der Waals surface area contributed by atoms with Crippen LogP contribution in [0, 0.1) is 0 Å². The van der Waals surface area contributed by atoms with Crippen molar-refractivity contribution < 1.29 is 9.21 Å². The lowest BCUT2D eigenvalue weighted by Crippen LogP contribution is -1.95. The highest BCUT2D eigenvalue weighted by Crippen LogP contribution is 2.35. The Bertz CT molecular complexity index is 1010. The van der Waals surface area contributed by atoms with Crippen molar-refractivity contribution in [2.45, 2.75) is 0 Å². The van der Waals surface area contributed by atoms with Crippen LogP contribution >= 0.6 is 11.3 Å². The van der Waals surface area contributed by atoms with Crippen LogP contribution in [0.1, 0.15) is 10.6 Å². The summed E-state index contributed by atoms with van der Waals surface area (Å²) in [5.41, 5.74) is 2.47. The molecular weight excluding hydrogens is 302 g/mol. The molecular formula is C14H11N5O2S. The number of hydrogen-bond acceptors (Lipinski definition) is 7. The number of pyridine rings is 1. The minimum Gasteiger partial charge on any atom is -0.451 e. The number of aryl methyl sites for hydroxylation is 1. The monoisotopic (exact) mass is 313 g/mol. The lowest BCUT2D eigenvalue weighted by Gasteiger charge is -2.01. The summed E-state index contributed by atoms with van der Waals surface area (Å²) < 4.78 is 7.36. The molecule has 0 aromatic carbocycles. The number of rotatable bonds is 3. The summed E-state index contributed by atoms with van der Waals surface area (Å²) in [7, 11) is 3.73. The fraction of sp³-hybridized carbons (Fsp3) is 0.143. The molecule has 0 fully saturated rings. The minimum absolute atomic E-state index is 0.281. The zero-order chi connectivity index (χ0) is 15.3. The largest absolute Gasteiger partial charge is 0.451 e. The van der Waals surface area contributed by atoms with Crippen LogP contribution in [0.15, 0.2) is 22.9 Å². The molecule has 4 rings (SSSR count). The zero-order valence-corrected chi connectivity index (χ0v) is 12.6. The maximum Gasteiger partial charge on any atom is 0.185 e. The molecule has 0 aliphatic carbocycles. The molecule has 0 aliphatic rings. The predicted octanol–water partition coefficient (Wildman–Crippen LogP) is 2.69. The summed E-state index contributed by atoms with van der Waals surface area (Å²) >= 11 is 1.42. The molecule has 1 N–H and O–H groups in total. The van der Waals surface area contributed by atoms with Gasteiger partial charge in [-0.3, -0.25) is 4.79 Å². The van der Waals surface area contributed by atoms with Crippen molar-refractivity contribution in [3.05, 3.63) is 24.2 Å². The van der Waals surface area contributed by atoms with Crippen LogP contribution in [0.2, 0.25) is 0 Å². The SMILES string of the molecule is CNc1nc2sc(-c3ccc(C=O)o3)nc2c2c1ncn2C. The fourth-order valence-electron chi connectivity index (χ4n) is 2.39. The third-order valence-corrected chi connectivity index (χ3v) is 4.36. The van der Waals surface area contributed by atoms with Crippen molar-refractivity contribution in [1.29, 1.82) is 0 Å². The molecule has 4 heterocycles. The lowest BCUT2D eigenvalue weighted by atomic mass is 10.3. The zero-order valence-electron chi connectivity index (χ0n) is 11.8. The van der Waals surface area contributed by atoms with Crippen LogP contribution in [0.25, 0.3) is 32.1 Å². The first-order chi connectivity index (χ1) is 10.7. The van der Waals surface area contributed by atoms with Crippen molar-refractivity contribution in [3.63, 3.8) is 0 Å². The molecule has 0 saturated carbocycles. The summed E-state index contributed by atoms with van der Waals surface area (Å²) in [6.45, 7) is 0. The Kier molecular flexibility index (Phi) is 2.73. The number of imidazole rings is 1. The molecule has 4 aromatic heterocycles. The first-order valence-corrected chi connectivity index (χ1v) is 7.37. The molecule has 22 heavy (non-hydrogen) atoms. The summed E-state index contributed by atoms with van der Waals surface area (Å²) in [5.74, 6) is 1.56. The van der Waals surface area contributed by atoms with Gasteiger partial charge >= 0.3 is 0 Å². The third-order valence-electron chi connectivity index (χ3n) is 3.40. The smallest absolute Gasteiger partial charge is 0.185 e. The number of aldehydes is 1. The van der Waals surface area contributed by atoms with Gasteiger partial charge in [0.05, 0.1) is 6.33 Å². The van der Waals surface area contributed by atoms with E-state index >= 15 is 0 Å². The molecule has 0 atom stereocenters. The van der Waals surface area contributed by atoms with E-state index < -0.39 is 0 Å². The minimum atomic E-state index is 0.281. The number of carbonyl (C=O) groups is 1. The van der Waals surface area contributed by atoms with E-state index in [1.54, 1.807) is 18.5 Å². The van der Waals surface area contributed by atoms with Gasteiger partial charge in [0.2, 0.25) is 0 Å². The van der Waals surface area contributed by atoms with Crippen molar-refractivity contribution >= 4 is 44.8 Å². The molecule has 0 unspecified atom stereocenters. The Balaban J connectivity index is 2.02. The normalized spacial score (nSPS) is 11.4.